The first kappa shape index (κ1) is 19.9. The van der Waals surface area contributed by atoms with Gasteiger partial charge in [0.05, 0.1) is 13.3 Å². The monoisotopic (exact) mass is 404 g/mol. The third-order valence-corrected chi connectivity index (χ3v) is 5.19. The molecule has 30 heavy (non-hydrogen) atoms. The Bertz CT molecular complexity index is 1130. The summed E-state index contributed by atoms with van der Waals surface area (Å²) in [6.45, 7) is 1.67. The number of ether oxygens (including phenoxy) is 2. The van der Waals surface area contributed by atoms with Gasteiger partial charge in [-0.1, -0.05) is 6.07 Å². The van der Waals surface area contributed by atoms with E-state index in [4.69, 9.17) is 9.47 Å². The van der Waals surface area contributed by atoms with E-state index >= 15 is 0 Å². The largest absolute Gasteiger partial charge is 0.495 e. The lowest BCUT2D eigenvalue weighted by molar-refractivity contribution is 0.196. The van der Waals surface area contributed by atoms with Crippen molar-refractivity contribution < 1.29 is 10.9 Å². The minimum absolute atomic E-state index is 0. The maximum absolute atomic E-state index is 5.29. The zero-order chi connectivity index (χ0) is 20.9. The van der Waals surface area contributed by atoms with Crippen LogP contribution in [0.4, 0.5) is 5.82 Å². The first-order valence-electron chi connectivity index (χ1n) is 9.96. The van der Waals surface area contributed by atoms with E-state index in [9.17, 15) is 0 Å². The third-order valence-electron chi connectivity index (χ3n) is 5.19. The van der Waals surface area contributed by atoms with Gasteiger partial charge in [0.2, 0.25) is 0 Å². The van der Waals surface area contributed by atoms with Crippen molar-refractivity contribution in [3.63, 3.8) is 0 Å². The topological polar surface area (TPSA) is 63.3 Å². The molecule has 1 N–H and O–H groups in total. The van der Waals surface area contributed by atoms with Gasteiger partial charge in [-0.2, -0.15) is 0 Å². The summed E-state index contributed by atoms with van der Waals surface area (Å²) in [4.78, 5) is 14.5. The maximum Gasteiger partial charge on any atom is 0.137 e. The maximum atomic E-state index is 5.29. The number of nitrogens with one attached hydrogen (secondary N) is 1. The molecule has 0 unspecified atom stereocenters. The predicted octanol–water partition coefficient (Wildman–Crippen LogP) is 5.02. The number of aromatic nitrogens is 3. The minimum atomic E-state index is 0. The van der Waals surface area contributed by atoms with E-state index in [0.717, 1.165) is 64.4 Å². The Hall–Kier alpha value is -3.38. The average molecular weight is 405 g/mol. The van der Waals surface area contributed by atoms with E-state index in [1.165, 1.54) is 0 Å². The highest BCUT2D eigenvalue weighted by Crippen LogP contribution is 2.29. The zero-order valence-corrected chi connectivity index (χ0v) is 17.6. The Morgan fingerprint density at radius 1 is 0.967 bits per heavy atom. The van der Waals surface area contributed by atoms with Crippen molar-refractivity contribution in [3.05, 3.63) is 61.1 Å². The van der Waals surface area contributed by atoms with Crippen LogP contribution in [0.1, 0.15) is 7.85 Å². The minimum Gasteiger partial charge on any atom is -0.495 e. The lowest BCUT2D eigenvalue weighted by atomic mass is 10.1. The van der Waals surface area contributed by atoms with Crippen LogP contribution in [0.2, 0.25) is 0 Å². The molecule has 0 saturated heterocycles. The number of methoxy groups -OCH3 is 2. The van der Waals surface area contributed by atoms with Gasteiger partial charge in [0.25, 0.3) is 0 Å². The molecule has 4 rings (SSSR count). The number of H-pyrrole nitrogens is 1. The van der Waals surface area contributed by atoms with Gasteiger partial charge in [0.1, 0.15) is 11.6 Å². The molecule has 3 heterocycles. The Kier molecular flexibility index (Phi) is 5.95. The SMILES string of the molecule is COCCCN(C)c1ccc(-c2cc3cc(-c4cncc(OC)c4)ccc3[nH]2)cn1.[HH]. The molecule has 156 valence electrons. The van der Waals surface area contributed by atoms with E-state index in [1.807, 2.05) is 18.5 Å². The number of benzene rings is 1. The summed E-state index contributed by atoms with van der Waals surface area (Å²) >= 11 is 0. The van der Waals surface area contributed by atoms with E-state index in [1.54, 1.807) is 20.4 Å². The number of nitrogens with zero attached hydrogens (tertiary/aromatic N) is 3. The second kappa shape index (κ2) is 8.97. The van der Waals surface area contributed by atoms with Crippen molar-refractivity contribution in [1.29, 1.82) is 0 Å². The van der Waals surface area contributed by atoms with Gasteiger partial charge in [-0.15, -0.1) is 0 Å². The first-order chi connectivity index (χ1) is 14.7. The molecule has 6 nitrogen and oxygen atoms in total. The lowest BCUT2D eigenvalue weighted by Crippen LogP contribution is -2.20. The summed E-state index contributed by atoms with van der Waals surface area (Å²) in [5.74, 6) is 1.71. The van der Waals surface area contributed by atoms with Crippen molar-refractivity contribution in [3.8, 4) is 28.1 Å². The summed E-state index contributed by atoms with van der Waals surface area (Å²) < 4.78 is 10.4. The van der Waals surface area contributed by atoms with Crippen LogP contribution < -0.4 is 9.64 Å². The molecule has 1 aromatic carbocycles. The lowest BCUT2D eigenvalue weighted by Gasteiger charge is -2.17. The fourth-order valence-electron chi connectivity index (χ4n) is 3.49. The number of aromatic amines is 1. The summed E-state index contributed by atoms with van der Waals surface area (Å²) in [5.41, 5.74) is 5.33. The van der Waals surface area contributed by atoms with Crippen LogP contribution in [0.15, 0.2) is 61.1 Å². The Morgan fingerprint density at radius 2 is 1.83 bits per heavy atom. The molecule has 0 amide bonds. The molecule has 0 radical (unpaired) electrons. The Labute approximate surface area is 178 Å². The van der Waals surface area contributed by atoms with E-state index < -0.39 is 0 Å². The second-order valence-corrected chi connectivity index (χ2v) is 7.27. The average Bonchev–Trinajstić information content (AvgIpc) is 3.23. The van der Waals surface area contributed by atoms with Gasteiger partial charge >= 0.3 is 0 Å². The highest BCUT2D eigenvalue weighted by Gasteiger charge is 2.08. The fourth-order valence-corrected chi connectivity index (χ4v) is 3.49. The van der Waals surface area contributed by atoms with Crippen LogP contribution in [-0.4, -0.2) is 49.4 Å². The molecule has 0 spiro atoms. The molecular formula is C24H28N4O2. The van der Waals surface area contributed by atoms with Gasteiger partial charge in [0.15, 0.2) is 0 Å². The summed E-state index contributed by atoms with van der Waals surface area (Å²) in [6.07, 6.45) is 6.45. The molecular weight excluding hydrogens is 376 g/mol. The van der Waals surface area contributed by atoms with Crippen LogP contribution in [0, 0.1) is 0 Å². The zero-order valence-electron chi connectivity index (χ0n) is 17.6. The van der Waals surface area contributed by atoms with Crippen molar-refractivity contribution >= 4 is 16.7 Å². The predicted molar refractivity (Wildman–Crippen MR) is 123 cm³/mol. The molecule has 0 atom stereocenters. The van der Waals surface area contributed by atoms with Gasteiger partial charge in [-0.3, -0.25) is 4.98 Å². The van der Waals surface area contributed by atoms with Crippen LogP contribution in [0.3, 0.4) is 0 Å². The first-order valence-corrected chi connectivity index (χ1v) is 9.96. The standard InChI is InChI=1S/C24H26N4O2.H2/c1-28(9-4-10-29-2)24-8-6-18(15-26-24)23-13-19-11-17(5-7-22(19)27-23)20-12-21(30-3)16-25-14-20;/h5-8,11-16,27H,4,9-10H2,1-3H3;1H. The number of fused-ring (bicyclic) bond motifs is 1. The van der Waals surface area contributed by atoms with Gasteiger partial charge in [-0.05, 0) is 48.4 Å². The smallest absolute Gasteiger partial charge is 0.137 e. The quantitative estimate of drug-likeness (QED) is 0.418. The molecule has 0 aliphatic heterocycles. The second-order valence-electron chi connectivity index (χ2n) is 7.27. The van der Waals surface area contributed by atoms with Crippen LogP contribution in [0.5, 0.6) is 5.75 Å². The summed E-state index contributed by atoms with van der Waals surface area (Å²) in [7, 11) is 5.43. The van der Waals surface area contributed by atoms with Crippen molar-refractivity contribution in [1.82, 2.24) is 15.0 Å². The molecule has 6 heteroatoms. The Morgan fingerprint density at radius 3 is 2.60 bits per heavy atom. The molecule has 0 saturated carbocycles. The van der Waals surface area contributed by atoms with Gasteiger partial charge in [-0.25, -0.2) is 4.98 Å². The van der Waals surface area contributed by atoms with E-state index in [-0.39, 0.29) is 1.43 Å². The molecule has 4 aromatic rings. The fraction of sp³-hybridized carbons (Fsp3) is 0.250. The van der Waals surface area contributed by atoms with Crippen LogP contribution in [0.25, 0.3) is 33.3 Å². The molecule has 3 aromatic heterocycles. The van der Waals surface area contributed by atoms with Crippen molar-refractivity contribution in [2.75, 3.05) is 39.3 Å². The van der Waals surface area contributed by atoms with Crippen molar-refractivity contribution in [2.45, 2.75) is 6.42 Å². The van der Waals surface area contributed by atoms with Gasteiger partial charge < -0.3 is 19.4 Å². The normalized spacial score (nSPS) is 11.0. The molecule has 0 bridgehead atoms. The number of anilines is 1. The van der Waals surface area contributed by atoms with Gasteiger partial charge in [0, 0.05) is 68.9 Å². The molecule has 0 aliphatic carbocycles. The summed E-state index contributed by atoms with van der Waals surface area (Å²) in [6, 6.07) is 14.7. The highest BCUT2D eigenvalue weighted by molar-refractivity contribution is 5.89. The number of hydrogen-bond acceptors (Lipinski definition) is 5. The van der Waals surface area contributed by atoms with E-state index in [0.29, 0.717) is 0 Å². The van der Waals surface area contributed by atoms with Crippen LogP contribution >= 0.6 is 0 Å². The third kappa shape index (κ3) is 4.28. The molecule has 0 fully saturated rings. The highest BCUT2D eigenvalue weighted by atomic mass is 16.5. The van der Waals surface area contributed by atoms with E-state index in [2.05, 4.69) is 63.3 Å². The number of hydrogen-bond donors (Lipinski definition) is 1. The van der Waals surface area contributed by atoms with Crippen LogP contribution in [-0.2, 0) is 4.74 Å². The van der Waals surface area contributed by atoms with Crippen molar-refractivity contribution in [2.24, 2.45) is 0 Å². The molecule has 0 aliphatic rings. The number of pyridine rings is 2. The summed E-state index contributed by atoms with van der Waals surface area (Å²) in [5, 5.41) is 1.14. The Balaban J connectivity index is 0.00000272. The number of rotatable bonds is 8.